The fourth-order valence-corrected chi connectivity index (χ4v) is 2.45. The molecular formula is C12H17NO5S. The molecule has 0 saturated heterocycles. The van der Waals surface area contributed by atoms with Gasteiger partial charge in [-0.3, -0.25) is 4.79 Å². The standard InChI is InChI=1S/C12H17NO5S/c1-12(2,3)19(17,18)8-7-13-6-4-5-9(10(13)14)11(15)16/h4-6H,7-8H2,1-3H3,(H,15,16). The van der Waals surface area contributed by atoms with Crippen LogP contribution in [-0.2, 0) is 16.4 Å². The number of carboxylic acids is 1. The molecule has 106 valence electrons. The van der Waals surface area contributed by atoms with Gasteiger partial charge in [-0.05, 0) is 32.9 Å². The molecule has 1 aromatic rings. The van der Waals surface area contributed by atoms with E-state index in [2.05, 4.69) is 0 Å². The number of aromatic carboxylic acids is 1. The molecule has 0 atom stereocenters. The number of rotatable bonds is 4. The number of carbonyl (C=O) groups is 1. The summed E-state index contributed by atoms with van der Waals surface area (Å²) in [5.41, 5.74) is -1.06. The topological polar surface area (TPSA) is 93.4 Å². The first-order valence-corrected chi connectivity index (χ1v) is 7.36. The van der Waals surface area contributed by atoms with Crippen LogP contribution >= 0.6 is 0 Å². The van der Waals surface area contributed by atoms with Gasteiger partial charge in [0.1, 0.15) is 5.56 Å². The molecule has 0 aliphatic rings. The summed E-state index contributed by atoms with van der Waals surface area (Å²) < 4.78 is 24.0. The van der Waals surface area contributed by atoms with Gasteiger partial charge in [0.25, 0.3) is 5.56 Å². The zero-order chi connectivity index (χ0) is 14.8. The van der Waals surface area contributed by atoms with Crippen LogP contribution in [0.15, 0.2) is 23.1 Å². The van der Waals surface area contributed by atoms with Gasteiger partial charge in [-0.2, -0.15) is 0 Å². The van der Waals surface area contributed by atoms with Crippen LogP contribution in [0.1, 0.15) is 31.1 Å². The van der Waals surface area contributed by atoms with E-state index in [1.54, 1.807) is 20.8 Å². The highest BCUT2D eigenvalue weighted by Crippen LogP contribution is 2.15. The monoisotopic (exact) mass is 287 g/mol. The summed E-state index contributed by atoms with van der Waals surface area (Å²) in [7, 11) is -3.35. The first-order chi connectivity index (χ1) is 8.56. The zero-order valence-corrected chi connectivity index (χ0v) is 11.9. The first kappa shape index (κ1) is 15.4. The van der Waals surface area contributed by atoms with Gasteiger partial charge in [0.05, 0.1) is 10.5 Å². The number of aryl methyl sites for hydroxylation is 1. The molecule has 1 heterocycles. The third-order valence-electron chi connectivity index (χ3n) is 2.78. The Hall–Kier alpha value is -1.63. The fraction of sp³-hybridized carbons (Fsp3) is 0.500. The Morgan fingerprint density at radius 3 is 2.42 bits per heavy atom. The van der Waals surface area contributed by atoms with Gasteiger partial charge in [0, 0.05) is 12.7 Å². The molecule has 0 bridgehead atoms. The van der Waals surface area contributed by atoms with E-state index in [9.17, 15) is 18.0 Å². The molecule has 0 radical (unpaired) electrons. The van der Waals surface area contributed by atoms with Crippen LogP contribution < -0.4 is 5.56 Å². The van der Waals surface area contributed by atoms with Crippen molar-refractivity contribution in [3.63, 3.8) is 0 Å². The van der Waals surface area contributed by atoms with Gasteiger partial charge < -0.3 is 9.67 Å². The second kappa shape index (κ2) is 5.16. The van der Waals surface area contributed by atoms with E-state index in [1.807, 2.05) is 0 Å². The lowest BCUT2D eigenvalue weighted by Crippen LogP contribution is -2.34. The van der Waals surface area contributed by atoms with Gasteiger partial charge in [0.2, 0.25) is 0 Å². The van der Waals surface area contributed by atoms with Crippen molar-refractivity contribution < 1.29 is 18.3 Å². The van der Waals surface area contributed by atoms with Gasteiger partial charge >= 0.3 is 5.97 Å². The molecule has 0 amide bonds. The number of hydrogen-bond acceptors (Lipinski definition) is 4. The smallest absolute Gasteiger partial charge is 0.341 e. The molecule has 0 fully saturated rings. The fourth-order valence-electron chi connectivity index (χ4n) is 1.40. The van der Waals surface area contributed by atoms with Gasteiger partial charge in [0.15, 0.2) is 9.84 Å². The largest absolute Gasteiger partial charge is 0.477 e. The third-order valence-corrected chi connectivity index (χ3v) is 5.37. The van der Waals surface area contributed by atoms with Crippen molar-refractivity contribution in [1.82, 2.24) is 4.57 Å². The van der Waals surface area contributed by atoms with Crippen LogP contribution in [0.3, 0.4) is 0 Å². The quantitative estimate of drug-likeness (QED) is 0.882. The number of sulfone groups is 1. The summed E-state index contributed by atoms with van der Waals surface area (Å²) in [5, 5.41) is 8.82. The van der Waals surface area contributed by atoms with Gasteiger partial charge in [-0.15, -0.1) is 0 Å². The molecule has 1 N–H and O–H groups in total. The summed E-state index contributed by atoms with van der Waals surface area (Å²) in [4.78, 5) is 22.6. The first-order valence-electron chi connectivity index (χ1n) is 5.71. The van der Waals surface area contributed by atoms with E-state index in [4.69, 9.17) is 5.11 Å². The lowest BCUT2D eigenvalue weighted by Gasteiger charge is -2.19. The van der Waals surface area contributed by atoms with E-state index >= 15 is 0 Å². The minimum Gasteiger partial charge on any atom is -0.477 e. The summed E-state index contributed by atoms with van der Waals surface area (Å²) in [6, 6.07) is 2.61. The Balaban J connectivity index is 3.01. The Bertz CT molecular complexity index is 637. The summed E-state index contributed by atoms with van der Waals surface area (Å²) in [6.45, 7) is 4.69. The predicted molar refractivity (Wildman–Crippen MR) is 71.2 cm³/mol. The average Bonchev–Trinajstić information content (AvgIpc) is 2.25. The zero-order valence-electron chi connectivity index (χ0n) is 11.1. The number of pyridine rings is 1. The maximum Gasteiger partial charge on any atom is 0.341 e. The highest BCUT2D eigenvalue weighted by atomic mass is 32.2. The lowest BCUT2D eigenvalue weighted by atomic mass is 10.3. The Morgan fingerprint density at radius 1 is 1.37 bits per heavy atom. The van der Waals surface area contributed by atoms with E-state index in [-0.39, 0.29) is 17.9 Å². The van der Waals surface area contributed by atoms with Crippen LogP contribution in [0.25, 0.3) is 0 Å². The Kier molecular flexibility index (Phi) is 4.19. The van der Waals surface area contributed by atoms with Crippen molar-refractivity contribution in [3.8, 4) is 0 Å². The molecule has 1 aromatic heterocycles. The molecule has 1 rings (SSSR count). The number of hydrogen-bond donors (Lipinski definition) is 1. The van der Waals surface area contributed by atoms with Crippen molar-refractivity contribution in [1.29, 1.82) is 0 Å². The van der Waals surface area contributed by atoms with Crippen molar-refractivity contribution >= 4 is 15.8 Å². The Labute approximate surface area is 111 Å². The number of aromatic nitrogens is 1. The van der Waals surface area contributed by atoms with Crippen LogP contribution in [0.5, 0.6) is 0 Å². The van der Waals surface area contributed by atoms with E-state index in [1.165, 1.54) is 18.3 Å². The molecule has 0 unspecified atom stereocenters. The minimum absolute atomic E-state index is 0.0560. The van der Waals surface area contributed by atoms with Crippen molar-refractivity contribution in [2.24, 2.45) is 0 Å². The highest BCUT2D eigenvalue weighted by molar-refractivity contribution is 7.92. The molecule has 19 heavy (non-hydrogen) atoms. The van der Waals surface area contributed by atoms with Crippen LogP contribution in [0.2, 0.25) is 0 Å². The SMILES string of the molecule is CC(C)(C)S(=O)(=O)CCn1cccc(C(=O)O)c1=O. The van der Waals surface area contributed by atoms with E-state index < -0.39 is 26.1 Å². The number of nitrogens with zero attached hydrogens (tertiary/aromatic N) is 1. The van der Waals surface area contributed by atoms with Gasteiger partial charge in [-0.1, -0.05) is 0 Å². The van der Waals surface area contributed by atoms with Crippen LogP contribution in [0, 0.1) is 0 Å². The van der Waals surface area contributed by atoms with Crippen LogP contribution in [0.4, 0.5) is 0 Å². The van der Waals surface area contributed by atoms with Crippen molar-refractivity contribution in [2.45, 2.75) is 32.1 Å². The van der Waals surface area contributed by atoms with Crippen molar-refractivity contribution in [3.05, 3.63) is 34.2 Å². The maximum atomic E-state index is 11.9. The molecular weight excluding hydrogens is 270 g/mol. The predicted octanol–water partition coefficient (Wildman–Crippen LogP) is 0.760. The molecule has 0 saturated carbocycles. The highest BCUT2D eigenvalue weighted by Gasteiger charge is 2.28. The second-order valence-corrected chi connectivity index (χ2v) is 8.02. The summed E-state index contributed by atoms with van der Waals surface area (Å²) in [5.74, 6) is -1.53. The van der Waals surface area contributed by atoms with Crippen molar-refractivity contribution in [2.75, 3.05) is 5.75 Å². The maximum absolute atomic E-state index is 11.9. The molecule has 7 heteroatoms. The van der Waals surface area contributed by atoms with Crippen LogP contribution in [-0.4, -0.2) is 34.6 Å². The molecule has 0 aliphatic heterocycles. The molecule has 0 aromatic carbocycles. The Morgan fingerprint density at radius 2 is 1.95 bits per heavy atom. The minimum atomic E-state index is -3.35. The van der Waals surface area contributed by atoms with Gasteiger partial charge in [-0.25, -0.2) is 13.2 Å². The molecule has 0 spiro atoms. The lowest BCUT2D eigenvalue weighted by molar-refractivity contribution is 0.0694. The summed E-state index contributed by atoms with van der Waals surface area (Å²) in [6.07, 6.45) is 1.38. The molecule has 0 aliphatic carbocycles. The molecule has 6 nitrogen and oxygen atoms in total. The number of carboxylic acid groups (broad SMARTS) is 1. The average molecular weight is 287 g/mol. The van der Waals surface area contributed by atoms with E-state index in [0.29, 0.717) is 0 Å². The normalized spacial score (nSPS) is 12.4. The third kappa shape index (κ3) is 3.44. The summed E-state index contributed by atoms with van der Waals surface area (Å²) >= 11 is 0. The van der Waals surface area contributed by atoms with E-state index in [0.717, 1.165) is 4.57 Å². The second-order valence-electron chi connectivity index (χ2n) is 5.16.